The van der Waals surface area contributed by atoms with Crippen LogP contribution < -0.4 is 5.32 Å². The lowest BCUT2D eigenvalue weighted by Crippen LogP contribution is -2.31. The molecule has 0 aromatic carbocycles. The molecule has 0 spiro atoms. The molecule has 148 valence electrons. The highest BCUT2D eigenvalue weighted by atomic mass is 35.5. The van der Waals surface area contributed by atoms with Crippen LogP contribution >= 0.6 is 12.4 Å². The third-order valence-corrected chi connectivity index (χ3v) is 5.32. The summed E-state index contributed by atoms with van der Waals surface area (Å²) in [5.41, 5.74) is 2.18. The van der Waals surface area contributed by atoms with Crippen molar-refractivity contribution in [2.75, 3.05) is 13.1 Å². The zero-order chi connectivity index (χ0) is 17.9. The van der Waals surface area contributed by atoms with Crippen LogP contribution in [0.15, 0.2) is 10.6 Å². The average Bonchev–Trinajstić information content (AvgIpc) is 3.22. The van der Waals surface area contributed by atoms with E-state index in [0.29, 0.717) is 37.7 Å². The van der Waals surface area contributed by atoms with Gasteiger partial charge in [0.25, 0.3) is 0 Å². The number of nitrogens with one attached hydrogen (secondary N) is 1. The molecule has 0 saturated heterocycles. The highest BCUT2D eigenvalue weighted by Crippen LogP contribution is 2.35. The number of fused-ring (bicyclic) bond motifs is 1. The van der Waals surface area contributed by atoms with Gasteiger partial charge in [-0.05, 0) is 25.8 Å². The minimum absolute atomic E-state index is 0. The van der Waals surface area contributed by atoms with Crippen molar-refractivity contribution in [2.24, 2.45) is 0 Å². The van der Waals surface area contributed by atoms with Crippen LogP contribution in [0, 0.1) is 0 Å². The maximum Gasteiger partial charge on any atom is 0.229 e. The van der Waals surface area contributed by atoms with Crippen LogP contribution in [0.4, 0.5) is 0 Å². The molecule has 27 heavy (non-hydrogen) atoms. The minimum atomic E-state index is 0. The van der Waals surface area contributed by atoms with Gasteiger partial charge in [0.2, 0.25) is 11.8 Å². The van der Waals surface area contributed by atoms with Crippen LogP contribution in [-0.4, -0.2) is 43.8 Å². The monoisotopic (exact) mass is 394 g/mol. The lowest BCUT2D eigenvalue weighted by Gasteiger charge is -2.20. The second kappa shape index (κ2) is 8.84. The van der Waals surface area contributed by atoms with Crippen LogP contribution in [0.25, 0.3) is 0 Å². The summed E-state index contributed by atoms with van der Waals surface area (Å²) in [6.45, 7) is 5.72. The number of carbonyl (C=O) groups excluding carboxylic acids is 1. The number of carbonyl (C=O) groups is 1. The fourth-order valence-electron chi connectivity index (χ4n) is 3.47. The normalized spacial score (nSPS) is 16.3. The summed E-state index contributed by atoms with van der Waals surface area (Å²) in [6, 6.07) is 2.10. The van der Waals surface area contributed by atoms with E-state index in [1.54, 1.807) is 4.90 Å². The van der Waals surface area contributed by atoms with Crippen molar-refractivity contribution in [3.8, 4) is 0 Å². The number of nitrogens with zero attached hydrogens (tertiary/aromatic N) is 5. The van der Waals surface area contributed by atoms with Gasteiger partial charge in [-0.15, -0.1) is 12.4 Å². The van der Waals surface area contributed by atoms with Gasteiger partial charge in [0, 0.05) is 38.4 Å². The Morgan fingerprint density at radius 1 is 1.44 bits per heavy atom. The molecule has 1 saturated carbocycles. The summed E-state index contributed by atoms with van der Waals surface area (Å²) in [5, 5.41) is 12.0. The summed E-state index contributed by atoms with van der Waals surface area (Å²) in [7, 11) is 0. The van der Waals surface area contributed by atoms with E-state index in [2.05, 4.69) is 26.6 Å². The number of amides is 1. The van der Waals surface area contributed by atoms with Crippen LogP contribution in [-0.2, 0) is 30.8 Å². The van der Waals surface area contributed by atoms with Gasteiger partial charge in [-0.2, -0.15) is 10.1 Å². The van der Waals surface area contributed by atoms with Gasteiger partial charge in [0.15, 0.2) is 5.82 Å². The second-order valence-electron chi connectivity index (χ2n) is 7.11. The quantitative estimate of drug-likeness (QED) is 0.773. The van der Waals surface area contributed by atoms with E-state index in [9.17, 15) is 4.79 Å². The predicted octanol–water partition coefficient (Wildman–Crippen LogP) is 2.04. The van der Waals surface area contributed by atoms with Crippen molar-refractivity contribution in [2.45, 2.75) is 64.6 Å². The summed E-state index contributed by atoms with van der Waals surface area (Å²) < 4.78 is 7.39. The number of aryl methyl sites for hydroxylation is 1. The summed E-state index contributed by atoms with van der Waals surface area (Å²) >= 11 is 0. The van der Waals surface area contributed by atoms with Crippen molar-refractivity contribution in [3.05, 3.63) is 29.2 Å². The zero-order valence-corrected chi connectivity index (χ0v) is 16.5. The molecule has 4 rings (SSSR count). The number of rotatable bonds is 7. The molecule has 1 aliphatic heterocycles. The van der Waals surface area contributed by atoms with Crippen LogP contribution in [0.5, 0.6) is 0 Å². The average molecular weight is 395 g/mol. The molecule has 8 nitrogen and oxygen atoms in total. The first kappa shape index (κ1) is 19.8. The van der Waals surface area contributed by atoms with Crippen LogP contribution in [0.1, 0.15) is 61.6 Å². The van der Waals surface area contributed by atoms with E-state index in [4.69, 9.17) is 4.52 Å². The van der Waals surface area contributed by atoms with Gasteiger partial charge in [-0.1, -0.05) is 11.6 Å². The Bertz CT molecular complexity index is 746. The molecule has 1 fully saturated rings. The van der Waals surface area contributed by atoms with Crippen LogP contribution in [0.3, 0.4) is 0 Å². The van der Waals surface area contributed by atoms with E-state index < -0.39 is 0 Å². The smallest absolute Gasteiger partial charge is 0.229 e. The zero-order valence-electron chi connectivity index (χ0n) is 15.7. The number of hydrogen-bond donors (Lipinski definition) is 1. The molecule has 1 N–H and O–H groups in total. The van der Waals surface area contributed by atoms with Crippen molar-refractivity contribution in [3.63, 3.8) is 0 Å². The molecule has 1 amide bonds. The molecule has 0 radical (unpaired) electrons. The van der Waals surface area contributed by atoms with Crippen molar-refractivity contribution >= 4 is 18.3 Å². The maximum absolute atomic E-state index is 12.6. The number of hydrogen-bond acceptors (Lipinski definition) is 6. The van der Waals surface area contributed by atoms with E-state index in [0.717, 1.165) is 44.1 Å². The SMILES string of the molecule is CCN(Cc1noc(C2CCC2)n1)C(=O)CCc1cc2n(n1)CCNC2.Cl. The first-order valence-corrected chi connectivity index (χ1v) is 9.59. The lowest BCUT2D eigenvalue weighted by molar-refractivity contribution is -0.131. The third kappa shape index (κ3) is 4.50. The fourth-order valence-corrected chi connectivity index (χ4v) is 3.47. The Hall–Kier alpha value is -1.93. The number of halogens is 1. The van der Waals surface area contributed by atoms with Gasteiger partial charge in [-0.25, -0.2) is 0 Å². The van der Waals surface area contributed by atoms with Crippen molar-refractivity contribution in [1.82, 2.24) is 30.1 Å². The largest absolute Gasteiger partial charge is 0.339 e. The molecular weight excluding hydrogens is 368 g/mol. The second-order valence-corrected chi connectivity index (χ2v) is 7.11. The summed E-state index contributed by atoms with van der Waals surface area (Å²) in [4.78, 5) is 18.9. The molecular formula is C18H27ClN6O2. The molecule has 0 unspecified atom stereocenters. The van der Waals surface area contributed by atoms with Gasteiger partial charge in [0.05, 0.1) is 24.5 Å². The molecule has 2 aromatic rings. The molecule has 3 heterocycles. The molecule has 0 bridgehead atoms. The minimum Gasteiger partial charge on any atom is -0.339 e. The van der Waals surface area contributed by atoms with Crippen molar-refractivity contribution < 1.29 is 9.32 Å². The van der Waals surface area contributed by atoms with E-state index in [-0.39, 0.29) is 18.3 Å². The molecule has 9 heteroatoms. The first-order chi connectivity index (χ1) is 12.7. The highest BCUT2D eigenvalue weighted by molar-refractivity contribution is 5.85. The molecule has 2 aromatic heterocycles. The van der Waals surface area contributed by atoms with Gasteiger partial charge in [-0.3, -0.25) is 9.48 Å². The fraction of sp³-hybridized carbons (Fsp3) is 0.667. The Morgan fingerprint density at radius 3 is 3.00 bits per heavy atom. The lowest BCUT2D eigenvalue weighted by atomic mass is 9.85. The highest BCUT2D eigenvalue weighted by Gasteiger charge is 2.26. The topological polar surface area (TPSA) is 89.1 Å². The Morgan fingerprint density at radius 2 is 2.30 bits per heavy atom. The Balaban J connectivity index is 0.00000210. The van der Waals surface area contributed by atoms with E-state index in [1.807, 2.05) is 11.6 Å². The summed E-state index contributed by atoms with van der Waals surface area (Å²) in [5.74, 6) is 1.85. The van der Waals surface area contributed by atoms with Gasteiger partial charge in [0.1, 0.15) is 0 Å². The maximum atomic E-state index is 12.6. The van der Waals surface area contributed by atoms with Crippen LogP contribution in [0.2, 0.25) is 0 Å². The van der Waals surface area contributed by atoms with Gasteiger partial charge >= 0.3 is 0 Å². The standard InChI is InChI=1S/C18H26N6O2.ClH/c1-2-23(12-16-20-18(26-22-16)13-4-3-5-13)17(25)7-6-14-10-15-11-19-8-9-24(15)21-14;/h10,13,19H,2-9,11-12H2,1H3;1H. The van der Waals surface area contributed by atoms with Gasteiger partial charge < -0.3 is 14.7 Å². The summed E-state index contributed by atoms with van der Waals surface area (Å²) in [6.07, 6.45) is 4.60. The Labute approximate surface area is 165 Å². The van der Waals surface area contributed by atoms with E-state index in [1.165, 1.54) is 12.1 Å². The van der Waals surface area contributed by atoms with E-state index >= 15 is 0 Å². The molecule has 2 aliphatic rings. The number of aromatic nitrogens is 4. The van der Waals surface area contributed by atoms with Crippen molar-refractivity contribution in [1.29, 1.82) is 0 Å². The first-order valence-electron chi connectivity index (χ1n) is 9.59. The molecule has 0 atom stereocenters. The predicted molar refractivity (Wildman–Crippen MR) is 101 cm³/mol. The molecule has 1 aliphatic carbocycles. The third-order valence-electron chi connectivity index (χ3n) is 5.32. The Kier molecular flexibility index (Phi) is 6.49.